The number of aromatic nitrogens is 4. The molecule has 2 N–H and O–H groups in total. The molecule has 140 valence electrons. The van der Waals surface area contributed by atoms with Gasteiger partial charge in [0, 0.05) is 26.3 Å². The van der Waals surface area contributed by atoms with Crippen molar-refractivity contribution in [1.29, 1.82) is 0 Å². The van der Waals surface area contributed by atoms with Gasteiger partial charge < -0.3 is 19.4 Å². The molecule has 27 heavy (non-hydrogen) atoms. The Hall–Kier alpha value is -3.13. The third kappa shape index (κ3) is 3.31. The Morgan fingerprint density at radius 3 is 2.81 bits per heavy atom. The lowest BCUT2D eigenvalue weighted by molar-refractivity contribution is -0.173. The Morgan fingerprint density at radius 1 is 1.48 bits per heavy atom. The van der Waals surface area contributed by atoms with Gasteiger partial charge in [-0.05, 0) is 12.1 Å². The summed E-state index contributed by atoms with van der Waals surface area (Å²) in [6.07, 6.45) is -1.81. The summed E-state index contributed by atoms with van der Waals surface area (Å²) in [5.74, 6) is -2.02. The first kappa shape index (κ1) is 18.7. The molecule has 3 aromatic rings. The first-order valence-corrected chi connectivity index (χ1v) is 8.10. The normalized spacial score (nSPS) is 11.5. The molecule has 0 aromatic carbocycles. The fourth-order valence-electron chi connectivity index (χ4n) is 2.86. The maximum absolute atomic E-state index is 12.4. The minimum atomic E-state index is -4.96. The highest BCUT2D eigenvalue weighted by Crippen LogP contribution is 2.39. The first-order valence-electron chi connectivity index (χ1n) is 7.69. The number of aryl methyl sites for hydroxylation is 1. The van der Waals surface area contributed by atoms with Crippen molar-refractivity contribution in [2.75, 3.05) is 6.54 Å². The number of carbonyl (C=O) groups excluding carboxylic acids is 1. The van der Waals surface area contributed by atoms with E-state index in [0.717, 1.165) is 0 Å². The lowest BCUT2D eigenvalue weighted by Crippen LogP contribution is -2.38. The van der Waals surface area contributed by atoms with Crippen LogP contribution >= 0.6 is 12.2 Å². The van der Waals surface area contributed by atoms with Gasteiger partial charge >= 0.3 is 12.1 Å². The predicted molar refractivity (Wildman–Crippen MR) is 94.7 cm³/mol. The molecular weight excluding hydrogens is 381 g/mol. The summed E-state index contributed by atoms with van der Waals surface area (Å²) in [7, 11) is 1.78. The Labute approximate surface area is 156 Å². The molecule has 0 aliphatic carbocycles. The largest absolute Gasteiger partial charge is 0.471 e. The van der Waals surface area contributed by atoms with Crippen molar-refractivity contribution in [1.82, 2.24) is 24.4 Å². The van der Waals surface area contributed by atoms with E-state index in [1.165, 1.54) is 6.33 Å². The molecule has 0 spiro atoms. The number of halogens is 3. The average molecular weight is 394 g/mol. The quantitative estimate of drug-likeness (QED) is 0.527. The van der Waals surface area contributed by atoms with Crippen LogP contribution in [-0.4, -0.2) is 37.7 Å². The highest BCUT2D eigenvalue weighted by atomic mass is 32.1. The molecule has 0 unspecified atom stereocenters. The number of aromatic amines is 1. The molecule has 0 fully saturated rings. The van der Waals surface area contributed by atoms with Gasteiger partial charge in [0.1, 0.15) is 0 Å². The van der Waals surface area contributed by atoms with E-state index in [0.29, 0.717) is 22.4 Å². The van der Waals surface area contributed by atoms with Crippen LogP contribution in [0.3, 0.4) is 0 Å². The van der Waals surface area contributed by atoms with Gasteiger partial charge in [-0.25, -0.2) is 9.83 Å². The molecule has 0 saturated heterocycles. The summed E-state index contributed by atoms with van der Waals surface area (Å²) in [5, 5.41) is 1.84. The summed E-state index contributed by atoms with van der Waals surface area (Å²) in [4.78, 5) is 21.6. The molecule has 3 aromatic heterocycles. The molecule has 0 bridgehead atoms. The molecule has 0 atom stereocenters. The molecular formula is C16H13F3N6OS. The van der Waals surface area contributed by atoms with E-state index < -0.39 is 12.1 Å². The Bertz CT molecular complexity index is 1120. The zero-order chi connectivity index (χ0) is 19.8. The second-order valence-electron chi connectivity index (χ2n) is 5.65. The SMILES string of the molecule is [C-]#[N+]c1c(-c2cccn2C)n(CCNC(=O)C(F)(F)F)c2c(=S)nc[nH]c12. The zero-order valence-electron chi connectivity index (χ0n) is 14.0. The van der Waals surface area contributed by atoms with Gasteiger partial charge in [0.05, 0.1) is 35.3 Å². The van der Waals surface area contributed by atoms with Crippen LogP contribution in [0.25, 0.3) is 27.3 Å². The highest BCUT2D eigenvalue weighted by molar-refractivity contribution is 7.71. The summed E-state index contributed by atoms with van der Waals surface area (Å²) >= 11 is 5.26. The van der Waals surface area contributed by atoms with Crippen LogP contribution in [-0.2, 0) is 18.4 Å². The fraction of sp³-hybridized carbons (Fsp3) is 0.250. The van der Waals surface area contributed by atoms with Crippen molar-refractivity contribution >= 4 is 34.8 Å². The molecule has 0 aliphatic rings. The van der Waals surface area contributed by atoms with Gasteiger partial charge in [0.25, 0.3) is 0 Å². The van der Waals surface area contributed by atoms with E-state index in [1.54, 1.807) is 34.5 Å². The van der Waals surface area contributed by atoms with E-state index >= 15 is 0 Å². The van der Waals surface area contributed by atoms with Crippen LogP contribution in [0.2, 0.25) is 0 Å². The van der Waals surface area contributed by atoms with Gasteiger partial charge in [0.15, 0.2) is 4.64 Å². The second kappa shape index (κ2) is 6.88. The number of rotatable bonds is 4. The van der Waals surface area contributed by atoms with Gasteiger partial charge in [-0.15, -0.1) is 0 Å². The van der Waals surface area contributed by atoms with Crippen molar-refractivity contribution in [3.8, 4) is 11.4 Å². The Balaban J connectivity index is 2.13. The number of H-pyrrole nitrogens is 1. The minimum Gasteiger partial charge on any atom is -0.354 e. The Kier molecular flexibility index (Phi) is 4.75. The van der Waals surface area contributed by atoms with E-state index in [-0.39, 0.29) is 23.4 Å². The smallest absolute Gasteiger partial charge is 0.354 e. The van der Waals surface area contributed by atoms with Crippen LogP contribution in [0.1, 0.15) is 0 Å². The molecule has 3 heterocycles. The lowest BCUT2D eigenvalue weighted by atomic mass is 10.2. The van der Waals surface area contributed by atoms with Gasteiger partial charge in [-0.1, -0.05) is 12.2 Å². The number of carbonyl (C=O) groups is 1. The topological polar surface area (TPSA) is 72.0 Å². The molecule has 0 radical (unpaired) electrons. The van der Waals surface area contributed by atoms with Crippen LogP contribution in [0.4, 0.5) is 18.9 Å². The predicted octanol–water partition coefficient (Wildman–Crippen LogP) is 3.33. The zero-order valence-corrected chi connectivity index (χ0v) is 14.8. The van der Waals surface area contributed by atoms with Crippen molar-refractivity contribution in [3.63, 3.8) is 0 Å². The van der Waals surface area contributed by atoms with Crippen molar-refractivity contribution in [2.24, 2.45) is 7.05 Å². The highest BCUT2D eigenvalue weighted by Gasteiger charge is 2.38. The molecule has 3 rings (SSSR count). The molecule has 7 nitrogen and oxygen atoms in total. The summed E-state index contributed by atoms with van der Waals surface area (Å²) < 4.78 is 40.8. The number of fused-ring (bicyclic) bond motifs is 1. The standard InChI is InChI=1S/C16H13F3N6OS/c1-20-10-11-13(14(27)23-8-22-11)25(7-5-21-15(26)16(17,18)19)12(10)9-4-3-6-24(9)2/h3-4,6,8H,5,7H2,2H3,(H,21,26)(H,22,23,27). The number of nitrogens with one attached hydrogen (secondary N) is 2. The maximum atomic E-state index is 12.4. The van der Waals surface area contributed by atoms with Crippen LogP contribution in [0, 0.1) is 11.2 Å². The van der Waals surface area contributed by atoms with Crippen LogP contribution in [0.15, 0.2) is 24.7 Å². The third-order valence-corrected chi connectivity index (χ3v) is 4.31. The number of hydrogen-bond donors (Lipinski definition) is 2. The van der Waals surface area contributed by atoms with E-state index in [4.69, 9.17) is 18.8 Å². The maximum Gasteiger partial charge on any atom is 0.471 e. The molecule has 1 amide bonds. The molecule has 0 saturated carbocycles. The van der Waals surface area contributed by atoms with Crippen LogP contribution < -0.4 is 5.32 Å². The Morgan fingerprint density at radius 2 is 2.22 bits per heavy atom. The van der Waals surface area contributed by atoms with E-state index in [1.807, 2.05) is 5.32 Å². The van der Waals surface area contributed by atoms with Gasteiger partial charge in [0.2, 0.25) is 5.69 Å². The minimum absolute atomic E-state index is 0.0163. The van der Waals surface area contributed by atoms with Crippen molar-refractivity contribution < 1.29 is 18.0 Å². The monoisotopic (exact) mass is 394 g/mol. The molecule has 0 aliphatic heterocycles. The summed E-state index contributed by atoms with van der Waals surface area (Å²) in [5.41, 5.74) is 2.33. The van der Waals surface area contributed by atoms with Crippen LogP contribution in [0.5, 0.6) is 0 Å². The third-order valence-electron chi connectivity index (χ3n) is 4.01. The van der Waals surface area contributed by atoms with Gasteiger partial charge in [-0.3, -0.25) is 4.79 Å². The van der Waals surface area contributed by atoms with Crippen molar-refractivity contribution in [3.05, 3.63) is 40.7 Å². The number of amides is 1. The summed E-state index contributed by atoms with van der Waals surface area (Å²) in [6, 6.07) is 3.57. The average Bonchev–Trinajstić information content (AvgIpc) is 3.15. The number of nitrogens with zero attached hydrogens (tertiary/aromatic N) is 4. The second-order valence-corrected chi connectivity index (χ2v) is 6.04. The van der Waals surface area contributed by atoms with E-state index in [9.17, 15) is 18.0 Å². The fourth-order valence-corrected chi connectivity index (χ4v) is 3.13. The number of alkyl halides is 3. The van der Waals surface area contributed by atoms with E-state index in [2.05, 4.69) is 14.8 Å². The first-order chi connectivity index (χ1) is 12.8. The lowest BCUT2D eigenvalue weighted by Gasteiger charge is -2.13. The number of hydrogen-bond acceptors (Lipinski definition) is 3. The van der Waals surface area contributed by atoms with Gasteiger partial charge in [-0.2, -0.15) is 13.2 Å². The molecule has 11 heteroatoms. The van der Waals surface area contributed by atoms with Crippen molar-refractivity contribution in [2.45, 2.75) is 12.7 Å². The summed E-state index contributed by atoms with van der Waals surface area (Å²) in [6.45, 7) is 7.25.